The molecule has 5 nitrogen and oxygen atoms in total. The quantitative estimate of drug-likeness (QED) is 0.496. The molecule has 116 valence electrons. The van der Waals surface area contributed by atoms with E-state index in [0.717, 1.165) is 10.1 Å². The molecule has 0 aliphatic rings. The number of nitrogens with one attached hydrogen (secondary N) is 2. The van der Waals surface area contributed by atoms with Gasteiger partial charge in [-0.3, -0.25) is 14.8 Å². The van der Waals surface area contributed by atoms with E-state index < -0.39 is 5.91 Å². The number of hydrogen-bond donors (Lipinski definition) is 3. The van der Waals surface area contributed by atoms with Crippen LogP contribution < -0.4 is 10.8 Å². The average molecular weight is 347 g/mol. The monoisotopic (exact) mass is 346 g/mol. The van der Waals surface area contributed by atoms with Gasteiger partial charge >= 0.3 is 0 Å². The van der Waals surface area contributed by atoms with Crippen LogP contribution >= 0.6 is 22.9 Å². The number of rotatable bonds is 3. The molecule has 7 heteroatoms. The number of halogens is 1. The van der Waals surface area contributed by atoms with E-state index in [0.29, 0.717) is 16.3 Å². The number of anilines is 1. The van der Waals surface area contributed by atoms with Gasteiger partial charge in [0.2, 0.25) is 0 Å². The molecule has 0 radical (unpaired) electrons. The zero-order valence-corrected chi connectivity index (χ0v) is 13.2. The molecular formula is C16H11ClN2O3S. The first kappa shape index (κ1) is 15.5. The summed E-state index contributed by atoms with van der Waals surface area (Å²) in [4.78, 5) is 24.0. The number of carbonyl (C=O) groups excluding carboxylic acids is 2. The van der Waals surface area contributed by atoms with Crippen LogP contribution in [-0.4, -0.2) is 17.0 Å². The molecule has 2 amide bonds. The number of hydroxylamine groups is 1. The molecule has 0 bridgehead atoms. The Labute approximate surface area is 140 Å². The molecule has 0 aliphatic carbocycles. The van der Waals surface area contributed by atoms with Gasteiger partial charge in [0.25, 0.3) is 11.8 Å². The number of thiophene rings is 1. The summed E-state index contributed by atoms with van der Waals surface area (Å²) in [5.41, 5.74) is 2.55. The number of carbonyl (C=O) groups is 2. The van der Waals surface area contributed by atoms with E-state index >= 15 is 0 Å². The summed E-state index contributed by atoms with van der Waals surface area (Å²) >= 11 is 7.54. The van der Waals surface area contributed by atoms with Crippen molar-refractivity contribution >= 4 is 50.5 Å². The molecule has 0 fully saturated rings. The molecule has 23 heavy (non-hydrogen) atoms. The van der Waals surface area contributed by atoms with Crippen molar-refractivity contribution in [1.82, 2.24) is 5.48 Å². The second-order valence-electron chi connectivity index (χ2n) is 4.73. The highest BCUT2D eigenvalue weighted by molar-refractivity contribution is 7.17. The number of amides is 2. The van der Waals surface area contributed by atoms with Crippen LogP contribution in [0.1, 0.15) is 20.7 Å². The summed E-state index contributed by atoms with van der Waals surface area (Å²) in [5.74, 6) is -1.00. The summed E-state index contributed by atoms with van der Waals surface area (Å²) in [7, 11) is 0. The highest BCUT2D eigenvalue weighted by atomic mass is 35.5. The minimum Gasteiger partial charge on any atom is -0.321 e. The fourth-order valence-corrected chi connectivity index (χ4v) is 3.26. The van der Waals surface area contributed by atoms with Crippen LogP contribution in [0.2, 0.25) is 5.02 Å². The third-order valence-corrected chi connectivity index (χ3v) is 4.59. The van der Waals surface area contributed by atoms with Gasteiger partial charge in [0.1, 0.15) is 0 Å². The number of hydrogen-bond acceptors (Lipinski definition) is 4. The van der Waals surface area contributed by atoms with Crippen LogP contribution in [-0.2, 0) is 0 Å². The summed E-state index contributed by atoms with van der Waals surface area (Å²) < 4.78 is 0.880. The summed E-state index contributed by atoms with van der Waals surface area (Å²) in [6, 6.07) is 11.7. The van der Waals surface area contributed by atoms with E-state index in [-0.39, 0.29) is 11.5 Å². The molecule has 0 spiro atoms. The van der Waals surface area contributed by atoms with E-state index in [1.54, 1.807) is 17.6 Å². The molecule has 0 unspecified atom stereocenters. The molecule has 0 atom stereocenters. The van der Waals surface area contributed by atoms with Crippen molar-refractivity contribution in [2.45, 2.75) is 0 Å². The largest absolute Gasteiger partial charge is 0.321 e. The van der Waals surface area contributed by atoms with Crippen LogP contribution in [0, 0.1) is 0 Å². The number of fused-ring (bicyclic) bond motifs is 1. The van der Waals surface area contributed by atoms with Gasteiger partial charge in [-0.15, -0.1) is 11.3 Å². The van der Waals surface area contributed by atoms with Crippen LogP contribution in [0.5, 0.6) is 0 Å². The zero-order chi connectivity index (χ0) is 16.4. The lowest BCUT2D eigenvalue weighted by molar-refractivity contribution is 0.0706. The predicted octanol–water partition coefficient (Wildman–Crippen LogP) is 3.93. The third kappa shape index (κ3) is 3.05. The molecule has 2 aromatic carbocycles. The first-order valence-corrected chi connectivity index (χ1v) is 7.87. The van der Waals surface area contributed by atoms with Gasteiger partial charge in [-0.25, -0.2) is 5.48 Å². The molecule has 3 rings (SSSR count). The smallest absolute Gasteiger partial charge is 0.274 e. The van der Waals surface area contributed by atoms with E-state index in [4.69, 9.17) is 16.8 Å². The van der Waals surface area contributed by atoms with Crippen LogP contribution in [0.15, 0.2) is 47.8 Å². The Kier molecular flexibility index (Phi) is 4.29. The highest BCUT2D eigenvalue weighted by Crippen LogP contribution is 2.27. The number of benzene rings is 2. The predicted molar refractivity (Wildman–Crippen MR) is 90.5 cm³/mol. The lowest BCUT2D eigenvalue weighted by Crippen LogP contribution is -2.19. The topological polar surface area (TPSA) is 78.4 Å². The van der Waals surface area contributed by atoms with Gasteiger partial charge < -0.3 is 5.32 Å². The zero-order valence-electron chi connectivity index (χ0n) is 11.7. The van der Waals surface area contributed by atoms with E-state index in [2.05, 4.69) is 5.32 Å². The maximum absolute atomic E-state index is 12.5. The van der Waals surface area contributed by atoms with Crippen LogP contribution in [0.3, 0.4) is 0 Å². The van der Waals surface area contributed by atoms with Crippen molar-refractivity contribution in [3.05, 3.63) is 64.0 Å². The summed E-state index contributed by atoms with van der Waals surface area (Å²) in [5, 5.41) is 14.6. The van der Waals surface area contributed by atoms with E-state index in [1.807, 2.05) is 17.5 Å². The van der Waals surface area contributed by atoms with Crippen molar-refractivity contribution in [3.63, 3.8) is 0 Å². The minimum atomic E-state index is -0.683. The molecule has 0 saturated heterocycles. The lowest BCUT2D eigenvalue weighted by atomic mass is 10.1. The Morgan fingerprint density at radius 1 is 1.09 bits per heavy atom. The molecule has 3 aromatic rings. The maximum Gasteiger partial charge on any atom is 0.274 e. The molecule has 0 aliphatic heterocycles. The SMILES string of the molecule is O=C(NO)c1ccc(Cl)c(NC(=O)c2cccc3ccsc23)c1. The fourth-order valence-electron chi connectivity index (χ4n) is 2.19. The summed E-state index contributed by atoms with van der Waals surface area (Å²) in [6.07, 6.45) is 0. The van der Waals surface area contributed by atoms with Crippen molar-refractivity contribution in [3.8, 4) is 0 Å². The van der Waals surface area contributed by atoms with Gasteiger partial charge in [-0.1, -0.05) is 23.7 Å². The van der Waals surface area contributed by atoms with Gasteiger partial charge in [0.05, 0.1) is 16.3 Å². The van der Waals surface area contributed by atoms with Crippen molar-refractivity contribution < 1.29 is 14.8 Å². The molecule has 1 heterocycles. The van der Waals surface area contributed by atoms with Crippen molar-refractivity contribution in [1.29, 1.82) is 0 Å². The first-order valence-electron chi connectivity index (χ1n) is 6.61. The minimum absolute atomic E-state index is 0.182. The van der Waals surface area contributed by atoms with Crippen LogP contribution in [0.25, 0.3) is 10.1 Å². The van der Waals surface area contributed by atoms with Crippen LogP contribution in [0.4, 0.5) is 5.69 Å². The van der Waals surface area contributed by atoms with Gasteiger partial charge in [-0.05, 0) is 41.1 Å². The fraction of sp³-hybridized carbons (Fsp3) is 0. The Bertz CT molecular complexity index is 907. The Hall–Kier alpha value is -2.41. The maximum atomic E-state index is 12.5. The highest BCUT2D eigenvalue weighted by Gasteiger charge is 2.14. The summed E-state index contributed by atoms with van der Waals surface area (Å²) in [6.45, 7) is 0. The second kappa shape index (κ2) is 6.37. The van der Waals surface area contributed by atoms with Gasteiger partial charge in [0, 0.05) is 10.3 Å². The first-order chi connectivity index (χ1) is 11.1. The Balaban J connectivity index is 1.94. The normalized spacial score (nSPS) is 10.5. The lowest BCUT2D eigenvalue weighted by Gasteiger charge is -2.09. The Morgan fingerprint density at radius 3 is 2.70 bits per heavy atom. The standard InChI is InChI=1S/C16H11ClN2O3S/c17-12-5-4-10(15(20)19-22)8-13(12)18-16(21)11-3-1-2-9-6-7-23-14(9)11/h1-8,22H,(H,18,21)(H,19,20). The van der Waals surface area contributed by atoms with Crippen molar-refractivity contribution in [2.75, 3.05) is 5.32 Å². The van der Waals surface area contributed by atoms with E-state index in [9.17, 15) is 9.59 Å². The van der Waals surface area contributed by atoms with Gasteiger partial charge in [-0.2, -0.15) is 0 Å². The van der Waals surface area contributed by atoms with Crippen molar-refractivity contribution in [2.24, 2.45) is 0 Å². The third-order valence-electron chi connectivity index (χ3n) is 3.30. The molecule has 1 aromatic heterocycles. The average Bonchev–Trinajstić information content (AvgIpc) is 3.04. The van der Waals surface area contributed by atoms with E-state index in [1.165, 1.54) is 29.5 Å². The molecule has 3 N–H and O–H groups in total. The molecular weight excluding hydrogens is 336 g/mol. The Morgan fingerprint density at radius 2 is 1.91 bits per heavy atom. The molecule has 0 saturated carbocycles. The second-order valence-corrected chi connectivity index (χ2v) is 6.06. The van der Waals surface area contributed by atoms with Gasteiger partial charge in [0.15, 0.2) is 0 Å².